The van der Waals surface area contributed by atoms with Crippen molar-refractivity contribution in [2.45, 2.75) is 13.0 Å². The number of benzene rings is 2. The maximum Gasteiger partial charge on any atom is 0.254 e. The van der Waals surface area contributed by atoms with Crippen LogP contribution in [0, 0.1) is 0 Å². The van der Waals surface area contributed by atoms with Gasteiger partial charge in [0, 0.05) is 31.9 Å². The molecule has 0 aliphatic carbocycles. The monoisotopic (exact) mass is 389 g/mol. The Morgan fingerprint density at radius 1 is 1.22 bits per heavy atom. The van der Waals surface area contributed by atoms with Crippen molar-refractivity contribution in [3.63, 3.8) is 0 Å². The van der Waals surface area contributed by atoms with Crippen LogP contribution in [0.5, 0.6) is 11.5 Å². The van der Waals surface area contributed by atoms with Crippen LogP contribution in [0.3, 0.4) is 0 Å². The second-order valence-corrected chi connectivity index (χ2v) is 6.87. The molecular formula is C20H24ClN3O3. The lowest BCUT2D eigenvalue weighted by molar-refractivity contribution is 0.0948. The van der Waals surface area contributed by atoms with Crippen LogP contribution in [0.15, 0.2) is 30.3 Å². The summed E-state index contributed by atoms with van der Waals surface area (Å²) in [5.74, 6) is 1.25. The van der Waals surface area contributed by atoms with Gasteiger partial charge in [-0.15, -0.1) is 0 Å². The van der Waals surface area contributed by atoms with Crippen LogP contribution in [0.4, 0.5) is 5.69 Å². The molecule has 2 aromatic carbocycles. The first-order valence-corrected chi connectivity index (χ1v) is 9.19. The van der Waals surface area contributed by atoms with E-state index in [4.69, 9.17) is 26.8 Å². The van der Waals surface area contributed by atoms with E-state index in [2.05, 4.69) is 10.2 Å². The Morgan fingerprint density at radius 3 is 2.59 bits per heavy atom. The SMILES string of the molecule is COc1cc2c(cc1OC)CN(CCNC(=O)c1c(N)cccc1Cl)CC2. The van der Waals surface area contributed by atoms with E-state index in [1.165, 1.54) is 11.1 Å². The van der Waals surface area contributed by atoms with Crippen molar-refractivity contribution in [1.29, 1.82) is 0 Å². The lowest BCUT2D eigenvalue weighted by Crippen LogP contribution is -2.38. The Bertz CT molecular complexity index is 821. The summed E-state index contributed by atoms with van der Waals surface area (Å²) in [4.78, 5) is 14.7. The lowest BCUT2D eigenvalue weighted by atomic mass is 9.99. The molecule has 3 N–H and O–H groups in total. The number of nitrogens with zero attached hydrogens (tertiary/aromatic N) is 1. The molecule has 6 nitrogen and oxygen atoms in total. The maximum atomic E-state index is 12.4. The zero-order valence-corrected chi connectivity index (χ0v) is 16.3. The molecule has 7 heteroatoms. The Kier molecular flexibility index (Phi) is 6.08. The summed E-state index contributed by atoms with van der Waals surface area (Å²) in [5, 5.41) is 3.26. The molecule has 3 rings (SSSR count). The van der Waals surface area contributed by atoms with Gasteiger partial charge in [-0.3, -0.25) is 9.69 Å². The third kappa shape index (κ3) is 4.28. The number of nitrogen functional groups attached to an aromatic ring is 1. The second-order valence-electron chi connectivity index (χ2n) is 6.46. The number of fused-ring (bicyclic) bond motifs is 1. The highest BCUT2D eigenvalue weighted by atomic mass is 35.5. The molecule has 144 valence electrons. The van der Waals surface area contributed by atoms with E-state index < -0.39 is 0 Å². The number of nitrogens with one attached hydrogen (secondary N) is 1. The first-order chi connectivity index (χ1) is 13.0. The molecule has 1 amide bonds. The Morgan fingerprint density at radius 2 is 1.93 bits per heavy atom. The zero-order valence-electron chi connectivity index (χ0n) is 15.5. The number of carbonyl (C=O) groups excluding carboxylic acids is 1. The van der Waals surface area contributed by atoms with Crippen molar-refractivity contribution in [1.82, 2.24) is 10.2 Å². The van der Waals surface area contributed by atoms with Crippen molar-refractivity contribution >= 4 is 23.2 Å². The first kappa shape index (κ1) is 19.3. The zero-order chi connectivity index (χ0) is 19.4. The van der Waals surface area contributed by atoms with Crippen molar-refractivity contribution in [3.8, 4) is 11.5 Å². The number of ether oxygens (including phenoxy) is 2. The summed E-state index contributed by atoms with van der Waals surface area (Å²) in [7, 11) is 3.29. The van der Waals surface area contributed by atoms with E-state index in [1.807, 2.05) is 12.1 Å². The second kappa shape index (κ2) is 8.50. The average Bonchev–Trinajstić information content (AvgIpc) is 2.66. The minimum Gasteiger partial charge on any atom is -0.493 e. The topological polar surface area (TPSA) is 76.8 Å². The van der Waals surface area contributed by atoms with Gasteiger partial charge in [0.15, 0.2) is 11.5 Å². The van der Waals surface area contributed by atoms with Gasteiger partial charge in [-0.25, -0.2) is 0 Å². The fourth-order valence-corrected chi connectivity index (χ4v) is 3.60. The Balaban J connectivity index is 1.58. The molecule has 0 atom stereocenters. The summed E-state index contributed by atoms with van der Waals surface area (Å²) >= 11 is 6.09. The molecule has 27 heavy (non-hydrogen) atoms. The number of hydrogen-bond donors (Lipinski definition) is 2. The van der Waals surface area contributed by atoms with Gasteiger partial charge in [0.2, 0.25) is 0 Å². The van der Waals surface area contributed by atoms with Crippen LogP contribution >= 0.6 is 11.6 Å². The van der Waals surface area contributed by atoms with Crippen LogP contribution in [0.2, 0.25) is 5.02 Å². The quantitative estimate of drug-likeness (QED) is 0.743. The normalized spacial score (nSPS) is 13.7. The molecule has 0 saturated carbocycles. The number of methoxy groups -OCH3 is 2. The summed E-state index contributed by atoms with van der Waals surface area (Å²) < 4.78 is 10.8. The van der Waals surface area contributed by atoms with Crippen LogP contribution in [0.1, 0.15) is 21.5 Å². The predicted molar refractivity (Wildman–Crippen MR) is 107 cm³/mol. The van der Waals surface area contributed by atoms with Gasteiger partial charge in [-0.05, 0) is 41.8 Å². The minimum absolute atomic E-state index is 0.248. The van der Waals surface area contributed by atoms with E-state index >= 15 is 0 Å². The van der Waals surface area contributed by atoms with E-state index in [0.29, 0.717) is 22.8 Å². The Labute approximate surface area is 164 Å². The molecule has 0 unspecified atom stereocenters. The van der Waals surface area contributed by atoms with E-state index in [9.17, 15) is 4.79 Å². The van der Waals surface area contributed by atoms with Crippen LogP contribution in [0.25, 0.3) is 0 Å². The number of amides is 1. The molecule has 1 heterocycles. The number of halogens is 1. The molecule has 0 fully saturated rings. The van der Waals surface area contributed by atoms with Gasteiger partial charge in [-0.2, -0.15) is 0 Å². The third-order valence-electron chi connectivity index (χ3n) is 4.78. The molecule has 0 saturated heterocycles. The largest absolute Gasteiger partial charge is 0.493 e. The fraction of sp³-hybridized carbons (Fsp3) is 0.350. The summed E-state index contributed by atoms with van der Waals surface area (Å²) in [6, 6.07) is 9.14. The predicted octanol–water partition coefficient (Wildman–Crippen LogP) is 2.73. The number of hydrogen-bond acceptors (Lipinski definition) is 5. The van der Waals surface area contributed by atoms with Gasteiger partial charge in [0.05, 0.1) is 24.8 Å². The number of carbonyl (C=O) groups is 1. The molecule has 0 radical (unpaired) electrons. The number of anilines is 1. The van der Waals surface area contributed by atoms with Crippen molar-refractivity contribution in [2.24, 2.45) is 0 Å². The van der Waals surface area contributed by atoms with E-state index in [1.54, 1.807) is 32.4 Å². The highest BCUT2D eigenvalue weighted by Crippen LogP contribution is 2.33. The van der Waals surface area contributed by atoms with E-state index in [-0.39, 0.29) is 5.91 Å². The standard InChI is InChI=1S/C20H24ClN3O3/c1-26-17-10-13-6-8-24(12-14(13)11-18(17)27-2)9-7-23-20(25)19-15(21)4-3-5-16(19)22/h3-5,10-11H,6-9,12,22H2,1-2H3,(H,23,25). The summed E-state index contributed by atoms with van der Waals surface area (Å²) in [6.07, 6.45) is 0.932. The number of rotatable bonds is 6. The molecule has 0 bridgehead atoms. The molecule has 1 aliphatic heterocycles. The van der Waals surface area contributed by atoms with Gasteiger partial charge in [0.1, 0.15) is 0 Å². The van der Waals surface area contributed by atoms with Crippen LogP contribution in [-0.4, -0.2) is 44.7 Å². The first-order valence-electron chi connectivity index (χ1n) is 8.81. The van der Waals surface area contributed by atoms with Crippen LogP contribution in [-0.2, 0) is 13.0 Å². The smallest absolute Gasteiger partial charge is 0.254 e. The van der Waals surface area contributed by atoms with Crippen molar-refractivity contribution in [2.75, 3.05) is 39.6 Å². The molecule has 0 spiro atoms. The lowest BCUT2D eigenvalue weighted by Gasteiger charge is -2.29. The number of nitrogens with two attached hydrogens (primary N) is 1. The minimum atomic E-state index is -0.248. The maximum absolute atomic E-state index is 12.4. The van der Waals surface area contributed by atoms with Gasteiger partial charge in [0.25, 0.3) is 5.91 Å². The van der Waals surface area contributed by atoms with Crippen LogP contribution < -0.4 is 20.5 Å². The Hall–Kier alpha value is -2.44. The van der Waals surface area contributed by atoms with Gasteiger partial charge < -0.3 is 20.5 Å². The molecular weight excluding hydrogens is 366 g/mol. The third-order valence-corrected chi connectivity index (χ3v) is 5.10. The fourth-order valence-electron chi connectivity index (χ4n) is 3.33. The van der Waals surface area contributed by atoms with E-state index in [0.717, 1.165) is 37.6 Å². The molecule has 2 aromatic rings. The highest BCUT2D eigenvalue weighted by Gasteiger charge is 2.20. The summed E-state index contributed by atoms with van der Waals surface area (Å²) in [6.45, 7) is 2.99. The van der Waals surface area contributed by atoms with Crippen molar-refractivity contribution < 1.29 is 14.3 Å². The van der Waals surface area contributed by atoms with Crippen molar-refractivity contribution in [3.05, 3.63) is 52.0 Å². The summed E-state index contributed by atoms with van der Waals surface area (Å²) in [5.41, 5.74) is 9.08. The average molecular weight is 390 g/mol. The van der Waals surface area contributed by atoms with Gasteiger partial charge in [-0.1, -0.05) is 17.7 Å². The van der Waals surface area contributed by atoms with Gasteiger partial charge >= 0.3 is 0 Å². The molecule has 1 aliphatic rings. The molecule has 0 aromatic heterocycles. The highest BCUT2D eigenvalue weighted by molar-refractivity contribution is 6.34.